The molecule has 0 radical (unpaired) electrons. The Bertz CT molecular complexity index is 967. The van der Waals surface area contributed by atoms with Gasteiger partial charge in [-0.15, -0.1) is 0 Å². The van der Waals surface area contributed by atoms with Crippen LogP contribution in [0.5, 0.6) is 0 Å². The first-order valence-electron chi connectivity index (χ1n) is 6.71. The van der Waals surface area contributed by atoms with Crippen LogP contribution in [0.1, 0.15) is 35.1 Å². The third-order valence-electron chi connectivity index (χ3n) is 3.93. The van der Waals surface area contributed by atoms with E-state index in [1.54, 1.807) is 4.57 Å². The van der Waals surface area contributed by atoms with Gasteiger partial charge in [0, 0.05) is 15.9 Å². The Balaban J connectivity index is 2.30. The molecule has 0 unspecified atom stereocenters. The number of fused-ring (bicyclic) bond motifs is 3. The van der Waals surface area contributed by atoms with Gasteiger partial charge in [-0.1, -0.05) is 15.9 Å². The Morgan fingerprint density at radius 1 is 1.43 bits per heavy atom. The maximum absolute atomic E-state index is 12.7. The zero-order valence-corrected chi connectivity index (χ0v) is 12.8. The van der Waals surface area contributed by atoms with Gasteiger partial charge in [0.05, 0.1) is 5.52 Å². The minimum absolute atomic E-state index is 0.0579. The molecule has 0 saturated heterocycles. The summed E-state index contributed by atoms with van der Waals surface area (Å²) in [6.07, 6.45) is 2.51. The van der Waals surface area contributed by atoms with Gasteiger partial charge in [-0.05, 0) is 37.5 Å². The quantitative estimate of drug-likeness (QED) is 0.667. The molecule has 1 fully saturated rings. The van der Waals surface area contributed by atoms with Crippen LogP contribution in [-0.2, 0) is 0 Å². The molecule has 106 valence electrons. The van der Waals surface area contributed by atoms with Gasteiger partial charge in [-0.3, -0.25) is 9.59 Å². The second kappa shape index (κ2) is 4.27. The number of rotatable bonds is 2. The van der Waals surface area contributed by atoms with Crippen LogP contribution in [0.25, 0.3) is 22.0 Å². The second-order valence-electron chi connectivity index (χ2n) is 5.32. The number of aldehydes is 1. The van der Waals surface area contributed by atoms with Crippen molar-refractivity contribution >= 4 is 44.2 Å². The normalized spacial score (nSPS) is 15.0. The van der Waals surface area contributed by atoms with Gasteiger partial charge < -0.3 is 8.98 Å². The predicted octanol–water partition coefficient (Wildman–Crippen LogP) is 3.36. The summed E-state index contributed by atoms with van der Waals surface area (Å²) in [5, 5.41) is 0.817. The minimum Gasteiger partial charge on any atom is -0.433 e. The minimum atomic E-state index is -0.182. The topological polar surface area (TPSA) is 65.1 Å². The molecule has 0 amide bonds. The Labute approximate surface area is 127 Å². The van der Waals surface area contributed by atoms with E-state index >= 15 is 0 Å². The zero-order chi connectivity index (χ0) is 14.7. The van der Waals surface area contributed by atoms with Gasteiger partial charge in [0.15, 0.2) is 11.1 Å². The molecule has 3 aromatic rings. The van der Waals surface area contributed by atoms with Crippen LogP contribution in [0.2, 0.25) is 0 Å². The SMILES string of the molecule is Cc1c(Br)ccc2c3oc(C=O)nc3c(=O)n(C3CC3)c12. The van der Waals surface area contributed by atoms with Gasteiger partial charge in [0.25, 0.3) is 11.4 Å². The van der Waals surface area contributed by atoms with E-state index < -0.39 is 0 Å². The summed E-state index contributed by atoms with van der Waals surface area (Å²) in [6.45, 7) is 1.97. The average molecular weight is 347 g/mol. The molecule has 0 spiro atoms. The van der Waals surface area contributed by atoms with Crippen molar-refractivity contribution in [1.29, 1.82) is 0 Å². The highest BCUT2D eigenvalue weighted by atomic mass is 79.9. The van der Waals surface area contributed by atoms with Gasteiger partial charge in [-0.2, -0.15) is 0 Å². The van der Waals surface area contributed by atoms with E-state index in [9.17, 15) is 9.59 Å². The van der Waals surface area contributed by atoms with E-state index in [-0.39, 0.29) is 23.0 Å². The summed E-state index contributed by atoms with van der Waals surface area (Å²) in [7, 11) is 0. The molecule has 1 aliphatic rings. The van der Waals surface area contributed by atoms with E-state index in [1.807, 2.05) is 19.1 Å². The number of oxazole rings is 1. The van der Waals surface area contributed by atoms with Crippen LogP contribution in [0, 0.1) is 6.92 Å². The molecule has 1 aromatic carbocycles. The molecule has 0 atom stereocenters. The standard InChI is InChI=1S/C15H11BrN2O3/c1-7-10(16)5-4-9-13(7)18(8-2-3-8)15(20)12-14(9)21-11(6-19)17-12/h4-6,8H,2-3H2,1H3. The van der Waals surface area contributed by atoms with Crippen molar-refractivity contribution < 1.29 is 9.21 Å². The second-order valence-corrected chi connectivity index (χ2v) is 6.18. The molecule has 5 nitrogen and oxygen atoms in total. The van der Waals surface area contributed by atoms with Gasteiger partial charge in [0.2, 0.25) is 6.29 Å². The molecule has 2 heterocycles. The van der Waals surface area contributed by atoms with E-state index in [1.165, 1.54) is 0 Å². The number of carbonyl (C=O) groups is 1. The summed E-state index contributed by atoms with van der Waals surface area (Å²) in [5.74, 6) is -0.0579. The fourth-order valence-corrected chi connectivity index (χ4v) is 3.10. The molecule has 0 aliphatic heterocycles. The van der Waals surface area contributed by atoms with Gasteiger partial charge in [0.1, 0.15) is 0 Å². The van der Waals surface area contributed by atoms with Crippen LogP contribution < -0.4 is 5.56 Å². The predicted molar refractivity (Wildman–Crippen MR) is 81.9 cm³/mol. The molecule has 21 heavy (non-hydrogen) atoms. The fraction of sp³-hybridized carbons (Fsp3) is 0.267. The zero-order valence-electron chi connectivity index (χ0n) is 11.2. The molecule has 1 saturated carbocycles. The van der Waals surface area contributed by atoms with Crippen molar-refractivity contribution in [2.75, 3.05) is 0 Å². The van der Waals surface area contributed by atoms with Crippen molar-refractivity contribution in [2.45, 2.75) is 25.8 Å². The average Bonchev–Trinajstić information content (AvgIpc) is 3.21. The lowest BCUT2D eigenvalue weighted by Gasteiger charge is -2.12. The number of benzene rings is 1. The summed E-state index contributed by atoms with van der Waals surface area (Å²) < 4.78 is 8.20. The number of hydrogen-bond donors (Lipinski definition) is 0. The molecule has 6 heteroatoms. The van der Waals surface area contributed by atoms with Gasteiger partial charge in [-0.25, -0.2) is 4.98 Å². The number of carbonyl (C=O) groups excluding carboxylic acids is 1. The number of aryl methyl sites for hydroxylation is 1. The fourth-order valence-electron chi connectivity index (χ4n) is 2.78. The number of pyridine rings is 1. The molecule has 0 N–H and O–H groups in total. The van der Waals surface area contributed by atoms with Crippen LogP contribution in [0.3, 0.4) is 0 Å². The number of hydrogen-bond acceptors (Lipinski definition) is 4. The lowest BCUT2D eigenvalue weighted by molar-refractivity contribution is 0.109. The third kappa shape index (κ3) is 1.72. The van der Waals surface area contributed by atoms with Crippen LogP contribution in [0.15, 0.2) is 25.8 Å². The van der Waals surface area contributed by atoms with E-state index in [0.29, 0.717) is 11.9 Å². The molecular weight excluding hydrogens is 336 g/mol. The smallest absolute Gasteiger partial charge is 0.281 e. The highest BCUT2D eigenvalue weighted by Gasteiger charge is 2.29. The molecule has 1 aliphatic carbocycles. The Morgan fingerprint density at radius 2 is 2.19 bits per heavy atom. The lowest BCUT2D eigenvalue weighted by Crippen LogP contribution is -2.20. The summed E-state index contributed by atoms with van der Waals surface area (Å²) in [5.41, 5.74) is 2.29. The van der Waals surface area contributed by atoms with Gasteiger partial charge >= 0.3 is 0 Å². The van der Waals surface area contributed by atoms with Crippen molar-refractivity contribution in [1.82, 2.24) is 9.55 Å². The van der Waals surface area contributed by atoms with E-state index in [2.05, 4.69) is 20.9 Å². The number of halogens is 1. The van der Waals surface area contributed by atoms with E-state index in [4.69, 9.17) is 4.42 Å². The summed E-state index contributed by atoms with van der Waals surface area (Å²) in [4.78, 5) is 27.7. The Kier molecular flexibility index (Phi) is 2.60. The van der Waals surface area contributed by atoms with Crippen molar-refractivity contribution in [3.05, 3.63) is 38.4 Å². The van der Waals surface area contributed by atoms with Crippen molar-refractivity contribution in [3.63, 3.8) is 0 Å². The summed E-state index contributed by atoms with van der Waals surface area (Å²) >= 11 is 3.51. The maximum atomic E-state index is 12.7. The number of nitrogens with zero attached hydrogens (tertiary/aromatic N) is 2. The maximum Gasteiger partial charge on any atom is 0.281 e. The monoisotopic (exact) mass is 346 g/mol. The number of aromatic nitrogens is 2. The first kappa shape index (κ1) is 12.8. The van der Waals surface area contributed by atoms with Crippen LogP contribution in [-0.4, -0.2) is 15.8 Å². The molecular formula is C15H11BrN2O3. The van der Waals surface area contributed by atoms with Crippen molar-refractivity contribution in [3.8, 4) is 0 Å². The van der Waals surface area contributed by atoms with Crippen LogP contribution in [0.4, 0.5) is 0 Å². The highest BCUT2D eigenvalue weighted by Crippen LogP contribution is 2.39. The third-order valence-corrected chi connectivity index (χ3v) is 4.79. The van der Waals surface area contributed by atoms with E-state index in [0.717, 1.165) is 33.8 Å². The lowest BCUT2D eigenvalue weighted by atomic mass is 10.1. The molecule has 2 aromatic heterocycles. The summed E-state index contributed by atoms with van der Waals surface area (Å²) in [6, 6.07) is 4.03. The highest BCUT2D eigenvalue weighted by molar-refractivity contribution is 9.10. The largest absolute Gasteiger partial charge is 0.433 e. The molecule has 4 rings (SSSR count). The first-order valence-corrected chi connectivity index (χ1v) is 7.50. The van der Waals surface area contributed by atoms with Crippen molar-refractivity contribution in [2.24, 2.45) is 0 Å². The Hall–Kier alpha value is -1.95. The first-order chi connectivity index (χ1) is 10.1. The van der Waals surface area contributed by atoms with Crippen LogP contribution >= 0.6 is 15.9 Å². The molecule has 0 bridgehead atoms. The Morgan fingerprint density at radius 3 is 2.86 bits per heavy atom.